The van der Waals surface area contributed by atoms with Crippen molar-refractivity contribution in [1.29, 1.82) is 0 Å². The molecule has 0 aromatic carbocycles. The molecule has 212 valence electrons. The van der Waals surface area contributed by atoms with Crippen LogP contribution in [-0.4, -0.2) is 38.3 Å². The van der Waals surface area contributed by atoms with E-state index in [9.17, 15) is 0 Å². The first kappa shape index (κ1) is 36.4. The molecular formula is C30H64Br2OSi2. The van der Waals surface area contributed by atoms with E-state index in [1.165, 1.54) is 89.9 Å². The van der Waals surface area contributed by atoms with Crippen LogP contribution in [0.25, 0.3) is 0 Å². The van der Waals surface area contributed by atoms with Gasteiger partial charge in [-0.05, 0) is 35.8 Å². The smallest absolute Gasteiger partial charge is 0.0678 e. The summed E-state index contributed by atoms with van der Waals surface area (Å²) in [6, 6.07) is 0. The zero-order chi connectivity index (χ0) is 27.2. The number of halogens is 2. The number of hydrogen-bond donors (Lipinski definition) is 0. The molecule has 2 unspecified atom stereocenters. The van der Waals surface area contributed by atoms with Crippen molar-refractivity contribution >= 4 is 48.0 Å². The molecule has 35 heavy (non-hydrogen) atoms. The molecule has 0 aliphatic heterocycles. The lowest BCUT2D eigenvalue weighted by molar-refractivity contribution is 0.125. The summed E-state index contributed by atoms with van der Waals surface area (Å²) in [6.45, 7) is 26.7. The first-order chi connectivity index (χ1) is 16.0. The SMILES string of the molecule is CC(C)(C)[Si](C)(C)C(Br)CCCCCCCCOCCCCCCCCC(Br)[Si](C)(C)C(C)(C)C. The zero-order valence-corrected chi connectivity index (χ0v) is 30.8. The van der Waals surface area contributed by atoms with Gasteiger partial charge in [-0.25, -0.2) is 0 Å². The number of ether oxygens (including phenoxy) is 1. The van der Waals surface area contributed by atoms with Crippen molar-refractivity contribution in [2.45, 2.75) is 177 Å². The molecule has 0 spiro atoms. The van der Waals surface area contributed by atoms with E-state index in [1.54, 1.807) is 0 Å². The van der Waals surface area contributed by atoms with Crippen molar-refractivity contribution in [3.63, 3.8) is 0 Å². The molecule has 5 heteroatoms. The molecular weight excluding hydrogens is 592 g/mol. The van der Waals surface area contributed by atoms with Gasteiger partial charge in [-0.3, -0.25) is 0 Å². The maximum atomic E-state index is 5.89. The Morgan fingerprint density at radius 3 is 1.03 bits per heavy atom. The lowest BCUT2D eigenvalue weighted by atomic mass is 10.1. The second kappa shape index (κ2) is 17.8. The van der Waals surface area contributed by atoms with Gasteiger partial charge in [-0.15, -0.1) is 0 Å². The Morgan fingerprint density at radius 1 is 0.486 bits per heavy atom. The van der Waals surface area contributed by atoms with Gasteiger partial charge in [-0.2, -0.15) is 0 Å². The molecule has 0 saturated carbocycles. The highest BCUT2D eigenvalue weighted by atomic mass is 79.9. The standard InChI is InChI=1S/C30H64Br2OSi2/c1-29(2,3)34(7,8)27(31)23-19-15-11-13-17-21-25-33-26-22-18-14-12-16-20-24-28(32)35(9,10)30(4,5)6/h27-28H,11-26H2,1-10H3. The number of unbranched alkanes of at least 4 members (excludes halogenated alkanes) is 10. The monoisotopic (exact) mass is 654 g/mol. The topological polar surface area (TPSA) is 9.23 Å². The van der Waals surface area contributed by atoms with Gasteiger partial charge in [0.05, 0.1) is 16.1 Å². The molecule has 0 rings (SSSR count). The van der Waals surface area contributed by atoms with Gasteiger partial charge in [-0.1, -0.05) is 164 Å². The molecule has 0 heterocycles. The van der Waals surface area contributed by atoms with Crippen molar-refractivity contribution in [1.82, 2.24) is 0 Å². The Morgan fingerprint density at radius 2 is 0.743 bits per heavy atom. The lowest BCUT2D eigenvalue weighted by Gasteiger charge is -2.41. The van der Waals surface area contributed by atoms with Crippen LogP contribution in [0.4, 0.5) is 0 Å². The third-order valence-corrected chi connectivity index (χ3v) is 28.6. The minimum Gasteiger partial charge on any atom is -0.381 e. The molecule has 0 fully saturated rings. The molecule has 0 N–H and O–H groups in total. The van der Waals surface area contributed by atoms with Crippen LogP contribution >= 0.6 is 31.9 Å². The number of rotatable bonds is 20. The van der Waals surface area contributed by atoms with Crippen LogP contribution in [-0.2, 0) is 4.74 Å². The van der Waals surface area contributed by atoms with E-state index in [1.807, 2.05) is 0 Å². The number of hydrogen-bond acceptors (Lipinski definition) is 1. The van der Waals surface area contributed by atoms with Crippen molar-refractivity contribution in [2.75, 3.05) is 13.2 Å². The second-order valence-corrected chi connectivity index (χ2v) is 29.5. The van der Waals surface area contributed by atoms with E-state index in [0.717, 1.165) is 22.1 Å². The first-order valence-electron chi connectivity index (χ1n) is 14.9. The Balaban J connectivity index is 3.49. The average Bonchev–Trinajstić information content (AvgIpc) is 2.73. The molecule has 0 aromatic rings. The third-order valence-electron chi connectivity index (χ3n) is 9.42. The van der Waals surface area contributed by atoms with E-state index in [0.29, 0.717) is 10.1 Å². The summed E-state index contributed by atoms with van der Waals surface area (Å²) >= 11 is 8.08. The molecule has 1 nitrogen and oxygen atoms in total. The Kier molecular flexibility index (Phi) is 18.5. The molecule has 0 amide bonds. The zero-order valence-electron chi connectivity index (χ0n) is 25.6. The Bertz CT molecular complexity index is 477. The molecule has 2 atom stereocenters. The lowest BCUT2D eigenvalue weighted by Crippen LogP contribution is -2.46. The van der Waals surface area contributed by atoms with Crippen molar-refractivity contribution < 1.29 is 4.74 Å². The van der Waals surface area contributed by atoms with Crippen LogP contribution in [0, 0.1) is 0 Å². The third kappa shape index (κ3) is 14.9. The highest BCUT2D eigenvalue weighted by molar-refractivity contribution is 9.10. The summed E-state index contributed by atoms with van der Waals surface area (Å²) in [7, 11) is -2.47. The largest absolute Gasteiger partial charge is 0.381 e. The van der Waals surface area contributed by atoms with Crippen molar-refractivity contribution in [2.24, 2.45) is 0 Å². The summed E-state index contributed by atoms with van der Waals surface area (Å²) in [5, 5.41) is 0.950. The van der Waals surface area contributed by atoms with Crippen LogP contribution in [0.2, 0.25) is 36.3 Å². The quantitative estimate of drug-likeness (QED) is 0.0720. The predicted molar refractivity (Wildman–Crippen MR) is 175 cm³/mol. The van der Waals surface area contributed by atoms with E-state index in [-0.39, 0.29) is 0 Å². The Hall–Kier alpha value is 1.35. The molecule has 0 aliphatic carbocycles. The molecule has 0 radical (unpaired) electrons. The highest BCUT2D eigenvalue weighted by Crippen LogP contribution is 2.43. The van der Waals surface area contributed by atoms with Crippen molar-refractivity contribution in [3.05, 3.63) is 0 Å². The fourth-order valence-corrected chi connectivity index (χ4v) is 12.7. The van der Waals surface area contributed by atoms with E-state index in [2.05, 4.69) is 99.6 Å². The summed E-state index contributed by atoms with van der Waals surface area (Å²) in [5.41, 5.74) is 0. The van der Waals surface area contributed by atoms with Crippen LogP contribution < -0.4 is 0 Å². The normalized spacial score (nSPS) is 15.4. The summed E-state index contributed by atoms with van der Waals surface area (Å²) in [4.78, 5) is 0. The minimum absolute atomic E-state index is 0.475. The van der Waals surface area contributed by atoms with E-state index < -0.39 is 16.1 Å². The van der Waals surface area contributed by atoms with Crippen LogP contribution in [0.15, 0.2) is 0 Å². The summed E-state index contributed by atoms with van der Waals surface area (Å²) < 4.78 is 7.38. The first-order valence-corrected chi connectivity index (χ1v) is 22.9. The number of alkyl halides is 2. The minimum atomic E-state index is -1.23. The van der Waals surface area contributed by atoms with Gasteiger partial charge in [0.1, 0.15) is 0 Å². The summed E-state index contributed by atoms with van der Waals surface area (Å²) in [5.74, 6) is 0. The Labute approximate surface area is 241 Å². The maximum absolute atomic E-state index is 5.89. The van der Waals surface area contributed by atoms with Crippen LogP contribution in [0.1, 0.15) is 131 Å². The van der Waals surface area contributed by atoms with Crippen molar-refractivity contribution in [3.8, 4) is 0 Å². The molecule has 0 bridgehead atoms. The second-order valence-electron chi connectivity index (χ2n) is 14.3. The fourth-order valence-electron chi connectivity index (χ4n) is 4.23. The van der Waals surface area contributed by atoms with Gasteiger partial charge >= 0.3 is 0 Å². The fraction of sp³-hybridized carbons (Fsp3) is 1.00. The average molecular weight is 657 g/mol. The molecule has 0 aromatic heterocycles. The van der Waals surface area contributed by atoms with Crippen LogP contribution in [0.5, 0.6) is 0 Å². The van der Waals surface area contributed by atoms with Gasteiger partial charge in [0.15, 0.2) is 0 Å². The van der Waals surface area contributed by atoms with Gasteiger partial charge in [0.2, 0.25) is 0 Å². The van der Waals surface area contributed by atoms with Gasteiger partial charge in [0, 0.05) is 22.1 Å². The van der Waals surface area contributed by atoms with E-state index >= 15 is 0 Å². The maximum Gasteiger partial charge on any atom is 0.0678 e. The van der Waals surface area contributed by atoms with Gasteiger partial charge < -0.3 is 4.74 Å². The molecule has 0 saturated heterocycles. The molecule has 0 aliphatic rings. The van der Waals surface area contributed by atoms with Crippen LogP contribution in [0.3, 0.4) is 0 Å². The highest BCUT2D eigenvalue weighted by Gasteiger charge is 2.41. The predicted octanol–water partition coefficient (Wildman–Crippen LogP) is 12.1. The summed E-state index contributed by atoms with van der Waals surface area (Å²) in [6.07, 6.45) is 19.0. The van der Waals surface area contributed by atoms with Gasteiger partial charge in [0.25, 0.3) is 0 Å². The van der Waals surface area contributed by atoms with E-state index in [4.69, 9.17) is 4.74 Å².